The number of benzene rings is 2. The zero-order valence-corrected chi connectivity index (χ0v) is 12.0. The van der Waals surface area contributed by atoms with Gasteiger partial charge in [0.05, 0.1) is 7.11 Å². The molecule has 0 N–H and O–H groups in total. The van der Waals surface area contributed by atoms with Crippen molar-refractivity contribution < 1.29 is 4.74 Å². The maximum Gasteiger partial charge on any atom is 0.122 e. The summed E-state index contributed by atoms with van der Waals surface area (Å²) >= 11 is 7.61. The molecular formula is C15H15ClOS. The molecule has 1 nitrogen and oxygen atoms in total. The Morgan fingerprint density at radius 1 is 1.06 bits per heavy atom. The van der Waals surface area contributed by atoms with Gasteiger partial charge in [-0.05, 0) is 54.4 Å². The third kappa shape index (κ3) is 3.21. The average Bonchev–Trinajstić information content (AvgIpc) is 2.41. The molecule has 0 unspecified atom stereocenters. The maximum absolute atomic E-state index is 5.88. The molecule has 0 heterocycles. The van der Waals surface area contributed by atoms with Crippen LogP contribution in [0.15, 0.2) is 52.3 Å². The van der Waals surface area contributed by atoms with Gasteiger partial charge in [-0.3, -0.25) is 0 Å². The van der Waals surface area contributed by atoms with E-state index in [9.17, 15) is 0 Å². The van der Waals surface area contributed by atoms with Crippen molar-refractivity contribution in [2.24, 2.45) is 0 Å². The lowest BCUT2D eigenvalue weighted by molar-refractivity contribution is 0.409. The minimum atomic E-state index is 0.767. The van der Waals surface area contributed by atoms with Crippen molar-refractivity contribution >= 4 is 23.4 Å². The predicted molar refractivity (Wildman–Crippen MR) is 77.9 cm³/mol. The highest BCUT2D eigenvalue weighted by Crippen LogP contribution is 2.32. The van der Waals surface area contributed by atoms with Gasteiger partial charge in [0.1, 0.15) is 5.75 Å². The predicted octanol–water partition coefficient (Wildman–Crippen LogP) is 5.06. The van der Waals surface area contributed by atoms with E-state index in [1.165, 1.54) is 15.4 Å². The number of aryl methyl sites for hydroxylation is 1. The first-order valence-electron chi connectivity index (χ1n) is 5.83. The second kappa shape index (κ2) is 6.17. The molecule has 0 saturated carbocycles. The van der Waals surface area contributed by atoms with E-state index in [0.29, 0.717) is 0 Å². The van der Waals surface area contributed by atoms with Crippen molar-refractivity contribution in [1.82, 2.24) is 0 Å². The van der Waals surface area contributed by atoms with Gasteiger partial charge >= 0.3 is 0 Å². The van der Waals surface area contributed by atoms with Gasteiger partial charge in [-0.15, -0.1) is 0 Å². The zero-order valence-electron chi connectivity index (χ0n) is 10.4. The molecule has 2 rings (SSSR count). The second-order valence-electron chi connectivity index (χ2n) is 3.88. The van der Waals surface area contributed by atoms with E-state index in [-0.39, 0.29) is 0 Å². The monoisotopic (exact) mass is 278 g/mol. The van der Waals surface area contributed by atoms with Crippen LogP contribution in [0.3, 0.4) is 0 Å². The minimum Gasteiger partial charge on any atom is -0.496 e. The SMILES string of the molecule is CCc1cc(Sc2ccc(Cl)cc2)ccc1OC. The largest absolute Gasteiger partial charge is 0.496 e. The number of rotatable bonds is 4. The molecule has 18 heavy (non-hydrogen) atoms. The van der Waals surface area contributed by atoms with Crippen LogP contribution in [0.5, 0.6) is 5.75 Å². The molecule has 0 fully saturated rings. The summed E-state index contributed by atoms with van der Waals surface area (Å²) in [5.74, 6) is 0.956. The van der Waals surface area contributed by atoms with Crippen LogP contribution >= 0.6 is 23.4 Å². The van der Waals surface area contributed by atoms with E-state index in [4.69, 9.17) is 16.3 Å². The lowest BCUT2D eigenvalue weighted by Crippen LogP contribution is -1.90. The van der Waals surface area contributed by atoms with Crippen molar-refractivity contribution in [1.29, 1.82) is 0 Å². The van der Waals surface area contributed by atoms with Crippen LogP contribution in [0.25, 0.3) is 0 Å². The van der Waals surface area contributed by atoms with Gasteiger partial charge in [0, 0.05) is 14.8 Å². The molecule has 0 aliphatic rings. The van der Waals surface area contributed by atoms with Crippen LogP contribution in [0, 0.1) is 0 Å². The maximum atomic E-state index is 5.88. The minimum absolute atomic E-state index is 0.767. The Morgan fingerprint density at radius 2 is 1.72 bits per heavy atom. The Labute approximate surface area is 117 Å². The van der Waals surface area contributed by atoms with Crippen LogP contribution in [-0.4, -0.2) is 7.11 Å². The highest BCUT2D eigenvalue weighted by molar-refractivity contribution is 7.99. The summed E-state index contributed by atoms with van der Waals surface area (Å²) in [6.45, 7) is 2.13. The van der Waals surface area contributed by atoms with Crippen LogP contribution in [0.1, 0.15) is 12.5 Å². The molecule has 2 aromatic carbocycles. The average molecular weight is 279 g/mol. The van der Waals surface area contributed by atoms with E-state index in [0.717, 1.165) is 17.2 Å². The first-order valence-corrected chi connectivity index (χ1v) is 7.02. The molecule has 0 bridgehead atoms. The Balaban J connectivity index is 2.21. The van der Waals surface area contributed by atoms with E-state index < -0.39 is 0 Å². The molecule has 0 aromatic heterocycles. The van der Waals surface area contributed by atoms with Gasteiger partial charge in [-0.2, -0.15) is 0 Å². The Kier molecular flexibility index (Phi) is 4.56. The van der Waals surface area contributed by atoms with E-state index >= 15 is 0 Å². The van der Waals surface area contributed by atoms with E-state index in [2.05, 4.69) is 19.1 Å². The Morgan fingerprint density at radius 3 is 2.33 bits per heavy atom. The van der Waals surface area contributed by atoms with Gasteiger partial charge in [0.25, 0.3) is 0 Å². The van der Waals surface area contributed by atoms with Crippen molar-refractivity contribution in [3.05, 3.63) is 53.1 Å². The number of hydrogen-bond acceptors (Lipinski definition) is 2. The highest BCUT2D eigenvalue weighted by Gasteiger charge is 2.04. The van der Waals surface area contributed by atoms with Crippen molar-refractivity contribution in [3.8, 4) is 5.75 Å². The molecule has 0 amide bonds. The smallest absolute Gasteiger partial charge is 0.122 e. The molecule has 0 spiro atoms. The van der Waals surface area contributed by atoms with E-state index in [1.807, 2.05) is 30.3 Å². The van der Waals surface area contributed by atoms with Crippen LogP contribution in [0.2, 0.25) is 5.02 Å². The van der Waals surface area contributed by atoms with Gasteiger partial charge in [0.2, 0.25) is 0 Å². The fourth-order valence-electron chi connectivity index (χ4n) is 1.73. The van der Waals surface area contributed by atoms with Crippen LogP contribution in [0.4, 0.5) is 0 Å². The lowest BCUT2D eigenvalue weighted by Gasteiger charge is -2.09. The summed E-state index contributed by atoms with van der Waals surface area (Å²) in [4.78, 5) is 2.40. The molecular weight excluding hydrogens is 264 g/mol. The standard InChI is InChI=1S/C15H15ClOS/c1-3-11-10-14(8-9-15(11)17-2)18-13-6-4-12(16)5-7-13/h4-10H,3H2,1-2H3. The lowest BCUT2D eigenvalue weighted by atomic mass is 10.1. The quantitative estimate of drug-likeness (QED) is 0.773. The first kappa shape index (κ1) is 13.3. The topological polar surface area (TPSA) is 9.23 Å². The van der Waals surface area contributed by atoms with Gasteiger partial charge in [0.15, 0.2) is 0 Å². The Hall–Kier alpha value is -1.12. The highest BCUT2D eigenvalue weighted by atomic mass is 35.5. The molecule has 2 aromatic rings. The first-order chi connectivity index (χ1) is 8.72. The normalized spacial score (nSPS) is 10.4. The fraction of sp³-hybridized carbons (Fsp3) is 0.200. The molecule has 0 atom stereocenters. The number of hydrogen-bond donors (Lipinski definition) is 0. The summed E-state index contributed by atoms with van der Waals surface area (Å²) in [6.07, 6.45) is 0.970. The van der Waals surface area contributed by atoms with Crippen LogP contribution < -0.4 is 4.74 Å². The van der Waals surface area contributed by atoms with Crippen molar-refractivity contribution in [2.45, 2.75) is 23.1 Å². The molecule has 0 saturated heterocycles. The molecule has 0 aliphatic carbocycles. The summed E-state index contributed by atoms with van der Waals surface area (Å²) in [5, 5.41) is 0.767. The zero-order chi connectivity index (χ0) is 13.0. The summed E-state index contributed by atoms with van der Waals surface area (Å²) in [6, 6.07) is 14.2. The summed E-state index contributed by atoms with van der Waals surface area (Å²) in [5.41, 5.74) is 1.23. The van der Waals surface area contributed by atoms with Gasteiger partial charge in [-0.25, -0.2) is 0 Å². The van der Waals surface area contributed by atoms with Crippen molar-refractivity contribution in [2.75, 3.05) is 7.11 Å². The fourth-order valence-corrected chi connectivity index (χ4v) is 2.74. The van der Waals surface area contributed by atoms with Gasteiger partial charge in [-0.1, -0.05) is 30.3 Å². The number of methoxy groups -OCH3 is 1. The summed E-state index contributed by atoms with van der Waals surface area (Å²) < 4.78 is 5.33. The Bertz CT molecular complexity index is 523. The van der Waals surface area contributed by atoms with E-state index in [1.54, 1.807) is 18.9 Å². The molecule has 94 valence electrons. The molecule has 0 radical (unpaired) electrons. The van der Waals surface area contributed by atoms with Crippen molar-refractivity contribution in [3.63, 3.8) is 0 Å². The van der Waals surface area contributed by atoms with Gasteiger partial charge < -0.3 is 4.74 Å². The number of halogens is 1. The third-order valence-electron chi connectivity index (χ3n) is 2.68. The third-order valence-corrected chi connectivity index (χ3v) is 3.93. The molecule has 3 heteroatoms. The summed E-state index contributed by atoms with van der Waals surface area (Å²) in [7, 11) is 1.71. The number of ether oxygens (including phenoxy) is 1. The molecule has 0 aliphatic heterocycles. The van der Waals surface area contributed by atoms with Crippen LogP contribution in [-0.2, 0) is 6.42 Å². The second-order valence-corrected chi connectivity index (χ2v) is 5.47.